The summed E-state index contributed by atoms with van der Waals surface area (Å²) in [6, 6.07) is 0.975. The first kappa shape index (κ1) is 17.2. The molecular formula is C18H27ClN2OS. The number of nitrogens with one attached hydrogen (secondary N) is 2. The lowest BCUT2D eigenvalue weighted by molar-refractivity contribution is -0.132. The van der Waals surface area contributed by atoms with Gasteiger partial charge in [-0.2, -0.15) is 0 Å². The molecule has 3 atom stereocenters. The van der Waals surface area contributed by atoms with Gasteiger partial charge in [-0.25, -0.2) is 0 Å². The third-order valence-corrected chi connectivity index (χ3v) is 7.33. The highest BCUT2D eigenvalue weighted by Gasteiger charge is 2.54. The number of carbonyl (C=O) groups excluding carboxylic acids is 1. The minimum atomic E-state index is -0.154. The van der Waals surface area contributed by atoms with Gasteiger partial charge >= 0.3 is 0 Å². The molecule has 2 saturated heterocycles. The normalized spacial score (nSPS) is 31.5. The summed E-state index contributed by atoms with van der Waals surface area (Å²) in [5, 5.41) is 9.19. The summed E-state index contributed by atoms with van der Waals surface area (Å²) in [4.78, 5) is 14.5. The van der Waals surface area contributed by atoms with Crippen LogP contribution in [-0.2, 0) is 24.2 Å². The van der Waals surface area contributed by atoms with Crippen LogP contribution < -0.4 is 10.6 Å². The van der Waals surface area contributed by atoms with Gasteiger partial charge in [-0.1, -0.05) is 6.92 Å². The summed E-state index contributed by atoms with van der Waals surface area (Å²) >= 11 is 1.89. The molecular weight excluding hydrogens is 328 g/mol. The van der Waals surface area contributed by atoms with E-state index in [1.165, 1.54) is 49.7 Å². The Hall–Kier alpha value is -0.580. The van der Waals surface area contributed by atoms with Gasteiger partial charge in [0.1, 0.15) is 0 Å². The molecule has 1 aromatic heterocycles. The van der Waals surface area contributed by atoms with Gasteiger partial charge in [0.05, 0.1) is 5.41 Å². The van der Waals surface area contributed by atoms with E-state index in [0.717, 1.165) is 19.4 Å². The van der Waals surface area contributed by atoms with Crippen molar-refractivity contribution in [2.45, 2.75) is 76.9 Å². The Morgan fingerprint density at radius 2 is 2.22 bits per heavy atom. The van der Waals surface area contributed by atoms with Crippen molar-refractivity contribution in [3.05, 3.63) is 21.4 Å². The predicted octanol–water partition coefficient (Wildman–Crippen LogP) is 3.59. The van der Waals surface area contributed by atoms with Crippen LogP contribution in [0.1, 0.15) is 61.5 Å². The van der Waals surface area contributed by atoms with Crippen LogP contribution in [-0.4, -0.2) is 18.0 Å². The van der Waals surface area contributed by atoms with Crippen molar-refractivity contribution < 1.29 is 4.79 Å². The van der Waals surface area contributed by atoms with Gasteiger partial charge in [0.25, 0.3) is 0 Å². The topological polar surface area (TPSA) is 41.1 Å². The highest BCUT2D eigenvalue weighted by molar-refractivity contribution is 7.10. The molecule has 3 aliphatic rings. The summed E-state index contributed by atoms with van der Waals surface area (Å²) in [6.45, 7) is 2.90. The van der Waals surface area contributed by atoms with Crippen LogP contribution >= 0.6 is 23.7 Å². The van der Waals surface area contributed by atoms with E-state index < -0.39 is 0 Å². The van der Waals surface area contributed by atoms with Crippen LogP contribution in [0.3, 0.4) is 0 Å². The third kappa shape index (κ3) is 2.83. The van der Waals surface area contributed by atoms with Gasteiger partial charge in [0, 0.05) is 23.5 Å². The van der Waals surface area contributed by atoms with Gasteiger partial charge in [0.2, 0.25) is 5.91 Å². The van der Waals surface area contributed by atoms with Crippen molar-refractivity contribution in [3.8, 4) is 0 Å². The number of thiophene rings is 1. The third-order valence-electron chi connectivity index (χ3n) is 6.19. The SMILES string of the molecule is CC[C@@]1(C(=O)NCc2csc3c2CCCC3)C[C@@H]2CC[C@H]1N2.Cl. The Bertz CT molecular complexity index is 588. The number of hydrogen-bond donors (Lipinski definition) is 2. The van der Waals surface area contributed by atoms with Crippen molar-refractivity contribution in [2.75, 3.05) is 0 Å². The lowest BCUT2D eigenvalue weighted by Crippen LogP contribution is -2.48. The van der Waals surface area contributed by atoms with Crippen molar-refractivity contribution in [3.63, 3.8) is 0 Å². The van der Waals surface area contributed by atoms with Crippen molar-refractivity contribution in [2.24, 2.45) is 5.41 Å². The molecule has 4 rings (SSSR count). The molecule has 0 unspecified atom stereocenters. The monoisotopic (exact) mass is 354 g/mol. The van der Waals surface area contributed by atoms with Crippen LogP contribution in [0.4, 0.5) is 0 Å². The average molecular weight is 355 g/mol. The first-order valence-electron chi connectivity index (χ1n) is 8.85. The van der Waals surface area contributed by atoms with Crippen LogP contribution in [0, 0.1) is 5.41 Å². The molecule has 3 heterocycles. The highest BCUT2D eigenvalue weighted by Crippen LogP contribution is 2.46. The van der Waals surface area contributed by atoms with Crippen molar-refractivity contribution in [1.82, 2.24) is 10.6 Å². The summed E-state index contributed by atoms with van der Waals surface area (Å²) in [5.74, 6) is 0.283. The molecule has 1 amide bonds. The smallest absolute Gasteiger partial charge is 0.228 e. The molecule has 2 N–H and O–H groups in total. The van der Waals surface area contributed by atoms with E-state index in [1.54, 1.807) is 4.88 Å². The lowest BCUT2D eigenvalue weighted by atomic mass is 9.71. The number of rotatable bonds is 4. The first-order valence-corrected chi connectivity index (χ1v) is 9.73. The Labute approximate surface area is 149 Å². The van der Waals surface area contributed by atoms with E-state index in [4.69, 9.17) is 0 Å². The quantitative estimate of drug-likeness (QED) is 0.867. The summed E-state index contributed by atoms with van der Waals surface area (Å²) in [6.07, 6.45) is 9.47. The van der Waals surface area contributed by atoms with Gasteiger partial charge in [0.15, 0.2) is 0 Å². The van der Waals surface area contributed by atoms with Crippen LogP contribution in [0.15, 0.2) is 5.38 Å². The van der Waals surface area contributed by atoms with Gasteiger partial charge < -0.3 is 10.6 Å². The number of carbonyl (C=O) groups is 1. The fraction of sp³-hybridized carbons (Fsp3) is 0.722. The minimum Gasteiger partial charge on any atom is -0.351 e. The Morgan fingerprint density at radius 1 is 1.39 bits per heavy atom. The number of fused-ring (bicyclic) bond motifs is 3. The maximum absolute atomic E-state index is 12.9. The maximum atomic E-state index is 12.9. The first-order chi connectivity index (χ1) is 10.7. The molecule has 0 radical (unpaired) electrons. The molecule has 1 aliphatic carbocycles. The fourth-order valence-corrected chi connectivity index (χ4v) is 6.01. The Kier molecular flexibility index (Phi) is 5.05. The molecule has 0 spiro atoms. The van der Waals surface area contributed by atoms with Crippen molar-refractivity contribution in [1.29, 1.82) is 0 Å². The predicted molar refractivity (Wildman–Crippen MR) is 97.3 cm³/mol. The van der Waals surface area contributed by atoms with Gasteiger partial charge in [-0.15, -0.1) is 23.7 Å². The molecule has 2 bridgehead atoms. The molecule has 0 aromatic carbocycles. The zero-order valence-electron chi connectivity index (χ0n) is 13.8. The van der Waals surface area contributed by atoms with E-state index in [2.05, 4.69) is 22.9 Å². The molecule has 5 heteroatoms. The zero-order chi connectivity index (χ0) is 15.2. The molecule has 2 aliphatic heterocycles. The standard InChI is InChI=1S/C18H26N2OS.ClH/c1-2-18(9-13-7-8-16(18)20-13)17(21)19-10-12-11-22-15-6-4-3-5-14(12)15;/h11,13,16,20H,2-10H2,1H3,(H,19,21);1H/t13-,16+,18+;/m0./s1. The van der Waals surface area contributed by atoms with E-state index in [1.807, 2.05) is 11.3 Å². The molecule has 2 fully saturated rings. The zero-order valence-corrected chi connectivity index (χ0v) is 15.5. The largest absolute Gasteiger partial charge is 0.351 e. The molecule has 1 aromatic rings. The van der Waals surface area contributed by atoms with Gasteiger partial charge in [-0.05, 0) is 67.9 Å². The number of amides is 1. The maximum Gasteiger partial charge on any atom is 0.228 e. The average Bonchev–Trinajstić information content (AvgIpc) is 3.26. The second-order valence-electron chi connectivity index (χ2n) is 7.26. The molecule has 3 nitrogen and oxygen atoms in total. The number of halogens is 1. The van der Waals surface area contributed by atoms with E-state index in [0.29, 0.717) is 12.1 Å². The van der Waals surface area contributed by atoms with E-state index in [9.17, 15) is 4.79 Å². The molecule has 23 heavy (non-hydrogen) atoms. The van der Waals surface area contributed by atoms with Crippen molar-refractivity contribution >= 4 is 29.7 Å². The highest BCUT2D eigenvalue weighted by atomic mass is 35.5. The minimum absolute atomic E-state index is 0. The van der Waals surface area contributed by atoms with E-state index in [-0.39, 0.29) is 23.7 Å². The van der Waals surface area contributed by atoms with Crippen LogP contribution in [0.2, 0.25) is 0 Å². The summed E-state index contributed by atoms with van der Waals surface area (Å²) in [5.41, 5.74) is 2.75. The van der Waals surface area contributed by atoms with Gasteiger partial charge in [-0.3, -0.25) is 4.79 Å². The Balaban J connectivity index is 0.00000156. The van der Waals surface area contributed by atoms with Crippen LogP contribution in [0.5, 0.6) is 0 Å². The lowest BCUT2D eigenvalue weighted by Gasteiger charge is -2.34. The second-order valence-corrected chi connectivity index (χ2v) is 8.22. The van der Waals surface area contributed by atoms with Crippen LogP contribution in [0.25, 0.3) is 0 Å². The fourth-order valence-electron chi connectivity index (χ4n) is 4.86. The number of aryl methyl sites for hydroxylation is 1. The summed E-state index contributed by atoms with van der Waals surface area (Å²) in [7, 11) is 0. The van der Waals surface area contributed by atoms with E-state index >= 15 is 0 Å². The summed E-state index contributed by atoms with van der Waals surface area (Å²) < 4.78 is 0. The molecule has 0 saturated carbocycles. The Morgan fingerprint density at radius 3 is 2.91 bits per heavy atom. The number of hydrogen-bond acceptors (Lipinski definition) is 3. The molecule has 128 valence electrons. The second kappa shape index (κ2) is 6.73.